The number of carbonyl (C=O) groups excluding carboxylic acids is 1. The van der Waals surface area contributed by atoms with Crippen molar-refractivity contribution < 1.29 is 14.3 Å². The van der Waals surface area contributed by atoms with Crippen LogP contribution in [0.1, 0.15) is 105 Å². The zero-order valence-electron chi connectivity index (χ0n) is 22.0. The average molecular weight is 463 g/mol. The van der Waals surface area contributed by atoms with Crippen LogP contribution in [0.25, 0.3) is 0 Å². The van der Waals surface area contributed by atoms with Crippen LogP contribution in [0, 0.1) is 11.3 Å². The van der Waals surface area contributed by atoms with E-state index in [0.29, 0.717) is 0 Å². The van der Waals surface area contributed by atoms with Gasteiger partial charge in [-0.15, -0.1) is 0 Å². The minimum atomic E-state index is -0.400. The number of unbranched alkanes of at least 4 members (excludes halogenated alkanes) is 1. The van der Waals surface area contributed by atoms with E-state index in [1.54, 1.807) is 5.57 Å². The van der Waals surface area contributed by atoms with Gasteiger partial charge in [0.1, 0.15) is 0 Å². The summed E-state index contributed by atoms with van der Waals surface area (Å²) in [6.45, 7) is 10.7. The molecule has 3 aliphatic rings. The van der Waals surface area contributed by atoms with Crippen LogP contribution in [0.4, 0.5) is 0 Å². The Balaban J connectivity index is 1.58. The quantitative estimate of drug-likeness (QED) is 0.338. The predicted octanol–water partition coefficient (Wildman–Crippen LogP) is 5.61. The summed E-state index contributed by atoms with van der Waals surface area (Å²) in [5, 5.41) is 0. The highest BCUT2D eigenvalue weighted by Crippen LogP contribution is 2.47. The Morgan fingerprint density at radius 1 is 1.18 bits per heavy atom. The van der Waals surface area contributed by atoms with Crippen LogP contribution >= 0.6 is 0 Å². The Kier molecular flexibility index (Phi) is 9.45. The van der Waals surface area contributed by atoms with Crippen LogP contribution < -0.4 is 5.73 Å². The second kappa shape index (κ2) is 11.7. The third-order valence-electron chi connectivity index (χ3n) is 9.46. The molecule has 190 valence electrons. The minimum Gasteiger partial charge on any atom is -0.379 e. The number of primary amides is 1. The first kappa shape index (κ1) is 26.7. The second-order valence-electron chi connectivity index (χ2n) is 11.2. The van der Waals surface area contributed by atoms with Crippen molar-refractivity contribution in [1.29, 1.82) is 0 Å². The van der Waals surface area contributed by atoms with Crippen LogP contribution in [0.2, 0.25) is 0 Å². The molecule has 3 rings (SSSR count). The molecule has 2 unspecified atom stereocenters. The summed E-state index contributed by atoms with van der Waals surface area (Å²) in [6, 6.07) is 0.270. The Hall–Kier alpha value is -0.910. The highest BCUT2D eigenvalue weighted by molar-refractivity contribution is 5.81. The zero-order chi connectivity index (χ0) is 24.1. The van der Waals surface area contributed by atoms with Gasteiger partial charge in [0.15, 0.2) is 0 Å². The lowest BCUT2D eigenvalue weighted by atomic mass is 9.69. The molecule has 2 saturated carbocycles. The van der Waals surface area contributed by atoms with E-state index >= 15 is 0 Å². The lowest BCUT2D eigenvalue weighted by Gasteiger charge is -2.50. The van der Waals surface area contributed by atoms with Gasteiger partial charge < -0.3 is 15.2 Å². The Bertz CT molecular complexity index is 680. The molecule has 0 aromatic carbocycles. The molecule has 2 N–H and O–H groups in total. The summed E-state index contributed by atoms with van der Waals surface area (Å²) in [5.74, 6) is 0.637. The largest absolute Gasteiger partial charge is 0.379 e. The zero-order valence-corrected chi connectivity index (χ0v) is 22.0. The van der Waals surface area contributed by atoms with Crippen molar-refractivity contribution in [2.24, 2.45) is 17.1 Å². The summed E-state index contributed by atoms with van der Waals surface area (Å²) in [5.41, 5.74) is 7.17. The van der Waals surface area contributed by atoms with Crippen LogP contribution in [0.5, 0.6) is 0 Å². The van der Waals surface area contributed by atoms with Crippen molar-refractivity contribution in [1.82, 2.24) is 4.90 Å². The lowest BCUT2D eigenvalue weighted by Crippen LogP contribution is -2.59. The van der Waals surface area contributed by atoms with Crippen LogP contribution in [-0.2, 0) is 14.3 Å². The minimum absolute atomic E-state index is 0.0510. The Morgan fingerprint density at radius 2 is 1.97 bits per heavy atom. The van der Waals surface area contributed by atoms with Crippen LogP contribution in [-0.4, -0.2) is 54.9 Å². The fourth-order valence-electron chi connectivity index (χ4n) is 7.08. The number of nitrogens with zero attached hydrogens (tertiary/aromatic N) is 1. The second-order valence-corrected chi connectivity index (χ2v) is 11.2. The Labute approximate surface area is 202 Å². The molecule has 0 radical (unpaired) electrons. The molecule has 1 heterocycles. The molecule has 33 heavy (non-hydrogen) atoms. The summed E-state index contributed by atoms with van der Waals surface area (Å²) < 4.78 is 11.6. The van der Waals surface area contributed by atoms with Gasteiger partial charge in [0, 0.05) is 31.8 Å². The highest BCUT2D eigenvalue weighted by atomic mass is 16.5. The van der Waals surface area contributed by atoms with Crippen LogP contribution in [0.3, 0.4) is 0 Å². The van der Waals surface area contributed by atoms with Gasteiger partial charge in [0.05, 0.1) is 17.6 Å². The standard InChI is InChI=1S/C28H50N2O3/c1-6-28(4)22(17-19-30(28)25-14-10-11-18-27(25,3)26(29)31)13-9-8-12-21-15-16-23(33-7-2)24(20-21)32-5/h13,21,23-25H,6-12,14-20H2,1-5H3,(H2,29,31)/b22-13-/t21-,23+,24?,25-,27+,28?/m0/s1. The molecule has 3 fully saturated rings. The third kappa shape index (κ3) is 5.67. The molecule has 1 saturated heterocycles. The molecular formula is C28H50N2O3. The van der Waals surface area contributed by atoms with Crippen molar-refractivity contribution in [2.75, 3.05) is 20.3 Å². The lowest BCUT2D eigenvalue weighted by molar-refractivity contribution is -0.134. The number of amides is 1. The molecule has 0 aromatic rings. The number of methoxy groups -OCH3 is 1. The molecular weight excluding hydrogens is 412 g/mol. The summed E-state index contributed by atoms with van der Waals surface area (Å²) >= 11 is 0. The smallest absolute Gasteiger partial charge is 0.224 e. The predicted molar refractivity (Wildman–Crippen MR) is 135 cm³/mol. The topological polar surface area (TPSA) is 64.8 Å². The monoisotopic (exact) mass is 462 g/mol. The van der Waals surface area contributed by atoms with E-state index in [1.165, 1.54) is 25.7 Å². The molecule has 5 nitrogen and oxygen atoms in total. The van der Waals surface area contributed by atoms with Crippen molar-refractivity contribution in [3.63, 3.8) is 0 Å². The van der Waals surface area contributed by atoms with E-state index < -0.39 is 5.41 Å². The molecule has 2 aliphatic carbocycles. The van der Waals surface area contributed by atoms with E-state index in [1.807, 2.05) is 7.11 Å². The van der Waals surface area contributed by atoms with E-state index in [2.05, 4.69) is 38.7 Å². The number of carbonyl (C=O) groups is 1. The van der Waals surface area contributed by atoms with Gasteiger partial charge in [0.25, 0.3) is 0 Å². The maximum atomic E-state index is 12.5. The van der Waals surface area contributed by atoms with Gasteiger partial charge in [-0.05, 0) is 84.5 Å². The number of hydrogen-bond donors (Lipinski definition) is 1. The normalized spacial score (nSPS) is 39.2. The van der Waals surface area contributed by atoms with Crippen LogP contribution in [0.15, 0.2) is 11.6 Å². The van der Waals surface area contributed by atoms with E-state index in [9.17, 15) is 4.79 Å². The van der Waals surface area contributed by atoms with Gasteiger partial charge in [-0.2, -0.15) is 0 Å². The van der Waals surface area contributed by atoms with Crippen molar-refractivity contribution in [3.05, 3.63) is 11.6 Å². The molecule has 0 aromatic heterocycles. The number of allylic oxidation sites excluding steroid dienone is 1. The Morgan fingerprint density at radius 3 is 2.64 bits per heavy atom. The van der Waals surface area contributed by atoms with E-state index in [4.69, 9.17) is 15.2 Å². The summed E-state index contributed by atoms with van der Waals surface area (Å²) in [6.07, 6.45) is 16.8. The van der Waals surface area contributed by atoms with Gasteiger partial charge in [-0.1, -0.05) is 37.8 Å². The maximum absolute atomic E-state index is 12.5. The fourth-order valence-corrected chi connectivity index (χ4v) is 7.08. The molecule has 5 heteroatoms. The SMILES string of the molecule is CCO[C@@H]1CC[C@H](CCC/C=C2/CCN([C@H]3CCCC[C@@]3(C)C(N)=O)C2(C)CC)CC1OC. The first-order valence-corrected chi connectivity index (χ1v) is 13.7. The molecule has 0 spiro atoms. The number of nitrogens with two attached hydrogens (primary N) is 1. The van der Waals surface area contributed by atoms with Gasteiger partial charge in [0.2, 0.25) is 5.91 Å². The first-order chi connectivity index (χ1) is 15.8. The van der Waals surface area contributed by atoms with E-state index in [-0.39, 0.29) is 29.7 Å². The van der Waals surface area contributed by atoms with Gasteiger partial charge in [-0.3, -0.25) is 9.69 Å². The number of hydrogen-bond acceptors (Lipinski definition) is 4. The third-order valence-corrected chi connectivity index (χ3v) is 9.46. The molecule has 6 atom stereocenters. The van der Waals surface area contributed by atoms with E-state index in [0.717, 1.165) is 70.4 Å². The number of rotatable bonds is 10. The fraction of sp³-hybridized carbons (Fsp3) is 0.893. The molecule has 1 aliphatic heterocycles. The number of ether oxygens (including phenoxy) is 2. The highest BCUT2D eigenvalue weighted by Gasteiger charge is 2.51. The van der Waals surface area contributed by atoms with Crippen molar-refractivity contribution >= 4 is 5.91 Å². The maximum Gasteiger partial charge on any atom is 0.224 e. The summed E-state index contributed by atoms with van der Waals surface area (Å²) in [4.78, 5) is 15.1. The van der Waals surface area contributed by atoms with Gasteiger partial charge in [-0.25, -0.2) is 0 Å². The van der Waals surface area contributed by atoms with Gasteiger partial charge >= 0.3 is 0 Å². The van der Waals surface area contributed by atoms with Crippen molar-refractivity contribution in [3.8, 4) is 0 Å². The molecule has 1 amide bonds. The average Bonchev–Trinajstić information content (AvgIpc) is 3.14. The summed E-state index contributed by atoms with van der Waals surface area (Å²) in [7, 11) is 1.83. The first-order valence-electron chi connectivity index (χ1n) is 13.7. The number of likely N-dealkylation sites (tertiary alicyclic amines) is 1. The van der Waals surface area contributed by atoms with Crippen molar-refractivity contribution in [2.45, 2.75) is 129 Å². The molecule has 0 bridgehead atoms.